The topological polar surface area (TPSA) is 34.9 Å². The van der Waals surface area contributed by atoms with Crippen molar-refractivity contribution < 1.29 is 13.6 Å². The number of aldehydes is 1. The fourth-order valence-corrected chi connectivity index (χ4v) is 2.36. The van der Waals surface area contributed by atoms with E-state index in [2.05, 4.69) is 5.10 Å². The van der Waals surface area contributed by atoms with Crippen LogP contribution in [-0.4, -0.2) is 16.1 Å². The van der Waals surface area contributed by atoms with Crippen molar-refractivity contribution in [2.24, 2.45) is 0 Å². The van der Waals surface area contributed by atoms with Gasteiger partial charge in [-0.3, -0.25) is 4.79 Å². The zero-order valence-corrected chi connectivity index (χ0v) is 11.9. The third-order valence-electron chi connectivity index (χ3n) is 3.17. The third kappa shape index (κ3) is 2.51. The molecule has 0 amide bonds. The van der Waals surface area contributed by atoms with Gasteiger partial charge in [-0.2, -0.15) is 5.10 Å². The van der Waals surface area contributed by atoms with Crippen molar-refractivity contribution in [3.8, 4) is 16.9 Å². The van der Waals surface area contributed by atoms with Crippen LogP contribution in [0.3, 0.4) is 0 Å². The third-order valence-corrected chi connectivity index (χ3v) is 3.53. The Balaban J connectivity index is 2.16. The quantitative estimate of drug-likeness (QED) is 0.675. The number of nitrogens with zero attached hydrogens (tertiary/aromatic N) is 2. The maximum atomic E-state index is 13.0. The van der Waals surface area contributed by atoms with Gasteiger partial charge in [0.25, 0.3) is 0 Å². The van der Waals surface area contributed by atoms with Gasteiger partial charge in [0.15, 0.2) is 6.29 Å². The molecule has 0 atom stereocenters. The Morgan fingerprint density at radius 3 is 2.05 bits per heavy atom. The Bertz CT molecular complexity index is 827. The Kier molecular flexibility index (Phi) is 3.73. The molecule has 3 nitrogen and oxygen atoms in total. The van der Waals surface area contributed by atoms with E-state index < -0.39 is 0 Å². The molecule has 22 heavy (non-hydrogen) atoms. The van der Waals surface area contributed by atoms with E-state index in [0.29, 0.717) is 23.2 Å². The number of hydrogen-bond acceptors (Lipinski definition) is 2. The lowest BCUT2D eigenvalue weighted by atomic mass is 10.1. The van der Waals surface area contributed by atoms with Crippen molar-refractivity contribution in [1.82, 2.24) is 9.78 Å². The van der Waals surface area contributed by atoms with E-state index in [1.165, 1.54) is 53.2 Å². The molecular weight excluding hydrogens is 310 g/mol. The first-order valence-corrected chi connectivity index (χ1v) is 6.73. The maximum Gasteiger partial charge on any atom is 0.155 e. The molecule has 0 unspecified atom stereocenters. The van der Waals surface area contributed by atoms with E-state index in [9.17, 15) is 13.6 Å². The van der Waals surface area contributed by atoms with Gasteiger partial charge >= 0.3 is 0 Å². The Morgan fingerprint density at radius 1 is 0.955 bits per heavy atom. The molecule has 1 heterocycles. The van der Waals surface area contributed by atoms with Crippen LogP contribution in [0.4, 0.5) is 8.78 Å². The monoisotopic (exact) mass is 318 g/mol. The Labute approximate surface area is 129 Å². The summed E-state index contributed by atoms with van der Waals surface area (Å²) in [5.41, 5.74) is 1.61. The molecule has 0 bridgehead atoms. The summed E-state index contributed by atoms with van der Waals surface area (Å²) >= 11 is 6.19. The average molecular weight is 319 g/mol. The minimum atomic E-state index is -0.388. The summed E-state index contributed by atoms with van der Waals surface area (Å²) < 4.78 is 27.4. The van der Waals surface area contributed by atoms with Gasteiger partial charge in [-0.25, -0.2) is 13.5 Å². The Morgan fingerprint density at radius 2 is 1.50 bits per heavy atom. The van der Waals surface area contributed by atoms with Gasteiger partial charge in [0, 0.05) is 5.56 Å². The molecule has 0 radical (unpaired) electrons. The number of carbonyl (C=O) groups excluding carboxylic acids is 1. The van der Waals surface area contributed by atoms with Crippen LogP contribution in [0.5, 0.6) is 0 Å². The highest BCUT2D eigenvalue weighted by molar-refractivity contribution is 6.32. The van der Waals surface area contributed by atoms with E-state index in [0.717, 1.165) is 0 Å². The van der Waals surface area contributed by atoms with E-state index in [4.69, 9.17) is 11.6 Å². The standard InChI is InChI=1S/C16H9ClF2N2O/c17-16-14(9-22)15(10-1-3-11(18)4-2-10)20-21(16)13-7-5-12(19)6-8-13/h1-9H. The van der Waals surface area contributed by atoms with Gasteiger partial charge in [0.2, 0.25) is 0 Å². The van der Waals surface area contributed by atoms with E-state index in [-0.39, 0.29) is 22.4 Å². The molecule has 0 spiro atoms. The molecule has 6 heteroatoms. The molecule has 3 aromatic rings. The highest BCUT2D eigenvalue weighted by Crippen LogP contribution is 2.29. The molecule has 0 aliphatic carbocycles. The second kappa shape index (κ2) is 5.69. The van der Waals surface area contributed by atoms with Crippen molar-refractivity contribution in [1.29, 1.82) is 0 Å². The summed E-state index contributed by atoms with van der Waals surface area (Å²) in [5, 5.41) is 4.40. The fraction of sp³-hybridized carbons (Fsp3) is 0. The van der Waals surface area contributed by atoms with Gasteiger partial charge in [-0.15, -0.1) is 0 Å². The van der Waals surface area contributed by atoms with Crippen LogP contribution < -0.4 is 0 Å². The highest BCUT2D eigenvalue weighted by atomic mass is 35.5. The first kappa shape index (κ1) is 14.4. The SMILES string of the molecule is O=Cc1c(-c2ccc(F)cc2)nn(-c2ccc(F)cc2)c1Cl. The number of benzene rings is 2. The van der Waals surface area contributed by atoms with Crippen LogP contribution in [0.25, 0.3) is 16.9 Å². The summed E-state index contributed by atoms with van der Waals surface area (Å²) in [4.78, 5) is 11.3. The molecule has 1 aromatic heterocycles. The summed E-state index contributed by atoms with van der Waals surface area (Å²) in [5.74, 6) is -0.776. The maximum absolute atomic E-state index is 13.0. The summed E-state index contributed by atoms with van der Waals surface area (Å²) in [7, 11) is 0. The van der Waals surface area contributed by atoms with Gasteiger partial charge < -0.3 is 0 Å². The molecule has 110 valence electrons. The summed E-state index contributed by atoms with van der Waals surface area (Å²) in [6.45, 7) is 0. The second-order valence-corrected chi connectivity index (χ2v) is 4.92. The fourth-order valence-electron chi connectivity index (χ4n) is 2.09. The molecule has 0 saturated heterocycles. The van der Waals surface area contributed by atoms with Crippen molar-refractivity contribution in [3.05, 3.63) is 70.9 Å². The van der Waals surface area contributed by atoms with Crippen LogP contribution in [0, 0.1) is 11.6 Å². The van der Waals surface area contributed by atoms with E-state index >= 15 is 0 Å². The van der Waals surface area contributed by atoms with Crippen LogP contribution >= 0.6 is 11.6 Å². The predicted molar refractivity (Wildman–Crippen MR) is 79.3 cm³/mol. The first-order chi connectivity index (χ1) is 10.6. The minimum Gasteiger partial charge on any atom is -0.298 e. The largest absolute Gasteiger partial charge is 0.298 e. The van der Waals surface area contributed by atoms with Crippen molar-refractivity contribution in [3.63, 3.8) is 0 Å². The van der Waals surface area contributed by atoms with Crippen LogP contribution in [-0.2, 0) is 0 Å². The van der Waals surface area contributed by atoms with Crippen LogP contribution in [0.15, 0.2) is 48.5 Å². The molecule has 0 saturated carbocycles. The van der Waals surface area contributed by atoms with E-state index in [1.807, 2.05) is 0 Å². The lowest BCUT2D eigenvalue weighted by molar-refractivity contribution is 0.112. The smallest absolute Gasteiger partial charge is 0.155 e. The highest BCUT2D eigenvalue weighted by Gasteiger charge is 2.18. The number of carbonyl (C=O) groups is 1. The van der Waals surface area contributed by atoms with Crippen LogP contribution in [0.2, 0.25) is 5.15 Å². The summed E-state index contributed by atoms with van der Waals surface area (Å²) in [6, 6.07) is 11.1. The second-order valence-electron chi connectivity index (χ2n) is 4.57. The van der Waals surface area contributed by atoms with E-state index in [1.54, 1.807) is 0 Å². The molecule has 0 aliphatic rings. The molecule has 0 N–H and O–H groups in total. The molecule has 0 fully saturated rings. The van der Waals surface area contributed by atoms with Gasteiger partial charge in [-0.1, -0.05) is 11.6 Å². The normalized spacial score (nSPS) is 10.7. The first-order valence-electron chi connectivity index (χ1n) is 6.35. The lowest BCUT2D eigenvalue weighted by Gasteiger charge is -2.02. The van der Waals surface area contributed by atoms with Crippen molar-refractivity contribution in [2.45, 2.75) is 0 Å². The Hall–Kier alpha value is -2.53. The summed E-state index contributed by atoms with van der Waals surface area (Å²) in [6.07, 6.45) is 0.591. The number of hydrogen-bond donors (Lipinski definition) is 0. The number of aromatic nitrogens is 2. The molecule has 2 aromatic carbocycles. The van der Waals surface area contributed by atoms with Gasteiger partial charge in [-0.05, 0) is 48.5 Å². The average Bonchev–Trinajstić information content (AvgIpc) is 2.85. The predicted octanol–water partition coefficient (Wildman–Crippen LogP) is 4.28. The number of rotatable bonds is 3. The van der Waals surface area contributed by atoms with Gasteiger partial charge in [0.05, 0.1) is 11.3 Å². The van der Waals surface area contributed by atoms with Crippen molar-refractivity contribution >= 4 is 17.9 Å². The molecule has 3 rings (SSSR count). The van der Waals surface area contributed by atoms with Gasteiger partial charge in [0.1, 0.15) is 22.5 Å². The van der Waals surface area contributed by atoms with Crippen LogP contribution in [0.1, 0.15) is 10.4 Å². The zero-order valence-electron chi connectivity index (χ0n) is 11.1. The number of halogens is 3. The molecular formula is C16H9ClF2N2O. The van der Waals surface area contributed by atoms with Crippen molar-refractivity contribution in [2.75, 3.05) is 0 Å². The zero-order chi connectivity index (χ0) is 15.7. The lowest BCUT2D eigenvalue weighted by Crippen LogP contribution is -1.96. The molecule has 0 aliphatic heterocycles. The minimum absolute atomic E-state index is 0.112.